The van der Waals surface area contributed by atoms with Crippen molar-refractivity contribution < 1.29 is 19.0 Å². The molecule has 2 aromatic carbocycles. The number of hydrogen-bond donors (Lipinski definition) is 0. The molecule has 0 bridgehead atoms. The molecule has 1 amide bonds. The highest BCUT2D eigenvalue weighted by Gasteiger charge is 2.18. The second kappa shape index (κ2) is 7.93. The predicted octanol–water partition coefficient (Wildman–Crippen LogP) is 3.64. The number of rotatable bonds is 6. The standard InChI is InChI=1S/C18H20ClNO4/c1-20(11-12-5-7-14(22-2)8-6-12)18(21)13-9-15(19)17(24-4)16(10-13)23-3/h5-10H,11H2,1-4H3. The van der Waals surface area contributed by atoms with E-state index in [0.717, 1.165) is 11.3 Å². The Hall–Kier alpha value is -2.40. The van der Waals surface area contributed by atoms with Gasteiger partial charge in [-0.3, -0.25) is 4.79 Å². The first-order valence-electron chi connectivity index (χ1n) is 7.30. The molecule has 24 heavy (non-hydrogen) atoms. The Morgan fingerprint density at radius 3 is 2.25 bits per heavy atom. The fourth-order valence-electron chi connectivity index (χ4n) is 2.34. The average Bonchev–Trinajstić information content (AvgIpc) is 2.60. The molecule has 0 spiro atoms. The van der Waals surface area contributed by atoms with Crippen molar-refractivity contribution in [1.82, 2.24) is 4.90 Å². The third kappa shape index (κ3) is 3.92. The maximum atomic E-state index is 12.6. The van der Waals surface area contributed by atoms with Crippen LogP contribution in [0.2, 0.25) is 5.02 Å². The van der Waals surface area contributed by atoms with Crippen molar-refractivity contribution in [3.8, 4) is 17.2 Å². The molecule has 0 saturated carbocycles. The van der Waals surface area contributed by atoms with Crippen molar-refractivity contribution in [1.29, 1.82) is 0 Å². The van der Waals surface area contributed by atoms with Gasteiger partial charge in [0, 0.05) is 19.2 Å². The first kappa shape index (κ1) is 17.9. The molecule has 0 aromatic heterocycles. The van der Waals surface area contributed by atoms with Crippen LogP contribution in [0.25, 0.3) is 0 Å². The third-order valence-electron chi connectivity index (χ3n) is 3.61. The Balaban J connectivity index is 2.19. The van der Waals surface area contributed by atoms with Crippen LogP contribution in [0.5, 0.6) is 17.2 Å². The van der Waals surface area contributed by atoms with Crippen LogP contribution in [0.3, 0.4) is 0 Å². The largest absolute Gasteiger partial charge is 0.497 e. The third-order valence-corrected chi connectivity index (χ3v) is 3.89. The van der Waals surface area contributed by atoms with Crippen LogP contribution in [0.15, 0.2) is 36.4 Å². The van der Waals surface area contributed by atoms with E-state index in [1.165, 1.54) is 14.2 Å². The normalized spacial score (nSPS) is 10.2. The van der Waals surface area contributed by atoms with Gasteiger partial charge in [0.2, 0.25) is 0 Å². The van der Waals surface area contributed by atoms with Gasteiger partial charge in [-0.05, 0) is 29.8 Å². The molecule has 128 valence electrons. The molecule has 0 heterocycles. The minimum absolute atomic E-state index is 0.159. The molecule has 0 radical (unpaired) electrons. The van der Waals surface area contributed by atoms with E-state index in [2.05, 4.69) is 0 Å². The Labute approximate surface area is 146 Å². The SMILES string of the molecule is COc1ccc(CN(C)C(=O)c2cc(Cl)c(OC)c(OC)c2)cc1. The summed E-state index contributed by atoms with van der Waals surface area (Å²) >= 11 is 6.17. The quantitative estimate of drug-likeness (QED) is 0.799. The molecule has 0 unspecified atom stereocenters. The van der Waals surface area contributed by atoms with Crippen LogP contribution in [0.4, 0.5) is 0 Å². The number of carbonyl (C=O) groups is 1. The van der Waals surface area contributed by atoms with Gasteiger partial charge in [0.25, 0.3) is 5.91 Å². The van der Waals surface area contributed by atoms with E-state index >= 15 is 0 Å². The second-order valence-corrected chi connectivity index (χ2v) is 5.61. The molecular weight excluding hydrogens is 330 g/mol. The molecule has 0 atom stereocenters. The zero-order valence-corrected chi connectivity index (χ0v) is 14.9. The average molecular weight is 350 g/mol. The van der Waals surface area contributed by atoms with Gasteiger partial charge in [0.15, 0.2) is 11.5 Å². The van der Waals surface area contributed by atoms with E-state index in [9.17, 15) is 4.79 Å². The topological polar surface area (TPSA) is 48.0 Å². The first-order valence-corrected chi connectivity index (χ1v) is 7.67. The fraction of sp³-hybridized carbons (Fsp3) is 0.278. The van der Waals surface area contributed by atoms with Crippen molar-refractivity contribution in [3.63, 3.8) is 0 Å². The maximum absolute atomic E-state index is 12.6. The summed E-state index contributed by atoms with van der Waals surface area (Å²) in [4.78, 5) is 14.2. The van der Waals surface area contributed by atoms with E-state index in [-0.39, 0.29) is 5.91 Å². The molecule has 2 rings (SSSR count). The number of nitrogens with zero attached hydrogens (tertiary/aromatic N) is 1. The highest BCUT2D eigenvalue weighted by Crippen LogP contribution is 2.36. The summed E-state index contributed by atoms with van der Waals surface area (Å²) in [5, 5.41) is 0.332. The van der Waals surface area contributed by atoms with Gasteiger partial charge in [-0.1, -0.05) is 23.7 Å². The molecule has 0 fully saturated rings. The molecule has 0 aliphatic carbocycles. The summed E-state index contributed by atoms with van der Waals surface area (Å²) in [6.45, 7) is 0.467. The molecule has 0 aliphatic rings. The molecular formula is C18H20ClNO4. The van der Waals surface area contributed by atoms with Crippen LogP contribution >= 0.6 is 11.6 Å². The highest BCUT2D eigenvalue weighted by atomic mass is 35.5. The summed E-state index contributed by atoms with van der Waals surface area (Å²) in [7, 11) is 6.35. The number of benzene rings is 2. The summed E-state index contributed by atoms with van der Waals surface area (Å²) in [5.74, 6) is 1.45. The number of methoxy groups -OCH3 is 3. The van der Waals surface area contributed by atoms with Gasteiger partial charge < -0.3 is 19.1 Å². The zero-order valence-electron chi connectivity index (χ0n) is 14.1. The van der Waals surface area contributed by atoms with E-state index in [4.69, 9.17) is 25.8 Å². The number of hydrogen-bond acceptors (Lipinski definition) is 4. The van der Waals surface area contributed by atoms with Crippen LogP contribution in [-0.4, -0.2) is 39.2 Å². The Kier molecular flexibility index (Phi) is 5.93. The van der Waals surface area contributed by atoms with Gasteiger partial charge in [-0.15, -0.1) is 0 Å². The molecule has 2 aromatic rings. The Morgan fingerprint density at radius 2 is 1.71 bits per heavy atom. The smallest absolute Gasteiger partial charge is 0.254 e. The fourth-order valence-corrected chi connectivity index (χ4v) is 2.63. The zero-order chi connectivity index (χ0) is 17.7. The maximum Gasteiger partial charge on any atom is 0.254 e. The van der Waals surface area contributed by atoms with Crippen LogP contribution in [0, 0.1) is 0 Å². The Morgan fingerprint density at radius 1 is 1.04 bits per heavy atom. The molecule has 0 aliphatic heterocycles. The van der Waals surface area contributed by atoms with Crippen molar-refractivity contribution >= 4 is 17.5 Å². The lowest BCUT2D eigenvalue weighted by Crippen LogP contribution is -2.26. The van der Waals surface area contributed by atoms with E-state index in [0.29, 0.717) is 28.6 Å². The van der Waals surface area contributed by atoms with Crippen molar-refractivity contribution in [2.75, 3.05) is 28.4 Å². The highest BCUT2D eigenvalue weighted by molar-refractivity contribution is 6.32. The van der Waals surface area contributed by atoms with Crippen LogP contribution in [-0.2, 0) is 6.54 Å². The van der Waals surface area contributed by atoms with Gasteiger partial charge in [-0.25, -0.2) is 0 Å². The second-order valence-electron chi connectivity index (χ2n) is 5.20. The number of ether oxygens (including phenoxy) is 3. The van der Waals surface area contributed by atoms with Crippen LogP contribution < -0.4 is 14.2 Å². The van der Waals surface area contributed by atoms with Gasteiger partial charge in [0.05, 0.1) is 26.4 Å². The van der Waals surface area contributed by atoms with Gasteiger partial charge >= 0.3 is 0 Å². The monoisotopic (exact) mass is 349 g/mol. The molecule has 6 heteroatoms. The predicted molar refractivity (Wildman–Crippen MR) is 93.3 cm³/mol. The number of amides is 1. The molecule has 5 nitrogen and oxygen atoms in total. The summed E-state index contributed by atoms with van der Waals surface area (Å²) < 4.78 is 15.6. The van der Waals surface area contributed by atoms with Crippen molar-refractivity contribution in [2.45, 2.75) is 6.54 Å². The minimum Gasteiger partial charge on any atom is -0.497 e. The minimum atomic E-state index is -0.159. The number of halogens is 1. The van der Waals surface area contributed by atoms with Crippen molar-refractivity contribution in [3.05, 3.63) is 52.5 Å². The number of carbonyl (C=O) groups excluding carboxylic acids is 1. The van der Waals surface area contributed by atoms with Crippen molar-refractivity contribution in [2.24, 2.45) is 0 Å². The van der Waals surface area contributed by atoms with Gasteiger partial charge in [-0.2, -0.15) is 0 Å². The Bertz CT molecular complexity index is 716. The van der Waals surface area contributed by atoms with E-state index < -0.39 is 0 Å². The lowest BCUT2D eigenvalue weighted by molar-refractivity contribution is 0.0784. The molecule has 0 saturated heterocycles. The lowest BCUT2D eigenvalue weighted by atomic mass is 10.1. The van der Waals surface area contributed by atoms with E-state index in [1.54, 1.807) is 31.2 Å². The summed E-state index contributed by atoms with van der Waals surface area (Å²) in [6.07, 6.45) is 0. The summed E-state index contributed by atoms with van der Waals surface area (Å²) in [5.41, 5.74) is 1.44. The lowest BCUT2D eigenvalue weighted by Gasteiger charge is -2.19. The first-order chi connectivity index (χ1) is 11.5. The van der Waals surface area contributed by atoms with E-state index in [1.807, 2.05) is 24.3 Å². The van der Waals surface area contributed by atoms with Gasteiger partial charge in [0.1, 0.15) is 5.75 Å². The summed E-state index contributed by atoms with van der Waals surface area (Å²) in [6, 6.07) is 10.8. The molecule has 0 N–H and O–H groups in total. The van der Waals surface area contributed by atoms with Crippen LogP contribution in [0.1, 0.15) is 15.9 Å².